The van der Waals surface area contributed by atoms with Crippen molar-refractivity contribution in [2.24, 2.45) is 5.92 Å². The standard InChI is InChI=1S/C24H30/c1-3-5-6-20-9-13-22(14-10-20)24-17-15-23(16-18-24)21-11-7-19(4-2)8-12-21/h3,7-8,11-12,15-18,20,22H,1,4-6,9-10,13-14H2,2H3. The lowest BCUT2D eigenvalue weighted by Gasteiger charge is -2.28. The molecule has 1 aliphatic rings. The first-order chi connectivity index (χ1) is 11.8. The molecule has 126 valence electrons. The van der Waals surface area contributed by atoms with Crippen LogP contribution in [0.5, 0.6) is 0 Å². The van der Waals surface area contributed by atoms with Crippen LogP contribution >= 0.6 is 0 Å². The van der Waals surface area contributed by atoms with Gasteiger partial charge in [-0.05, 0) is 79.0 Å². The molecular formula is C24H30. The summed E-state index contributed by atoms with van der Waals surface area (Å²) in [5.41, 5.74) is 5.60. The summed E-state index contributed by atoms with van der Waals surface area (Å²) in [6.07, 6.45) is 11.2. The van der Waals surface area contributed by atoms with Crippen LogP contribution < -0.4 is 0 Å². The molecule has 0 saturated heterocycles. The first kappa shape index (κ1) is 17.0. The van der Waals surface area contributed by atoms with Crippen LogP contribution in [-0.4, -0.2) is 0 Å². The van der Waals surface area contributed by atoms with Gasteiger partial charge in [0.15, 0.2) is 0 Å². The van der Waals surface area contributed by atoms with E-state index < -0.39 is 0 Å². The lowest BCUT2D eigenvalue weighted by atomic mass is 9.77. The van der Waals surface area contributed by atoms with Crippen LogP contribution in [0.15, 0.2) is 61.2 Å². The molecule has 0 unspecified atom stereocenters. The third-order valence-corrected chi connectivity index (χ3v) is 5.70. The second-order valence-corrected chi connectivity index (χ2v) is 7.26. The number of allylic oxidation sites excluding steroid dienone is 1. The first-order valence-electron chi connectivity index (χ1n) is 9.60. The Kier molecular flexibility index (Phi) is 5.91. The average molecular weight is 319 g/mol. The quantitative estimate of drug-likeness (QED) is 0.496. The molecule has 0 heterocycles. The molecule has 0 N–H and O–H groups in total. The van der Waals surface area contributed by atoms with Crippen LogP contribution in [0.3, 0.4) is 0 Å². The lowest BCUT2D eigenvalue weighted by molar-refractivity contribution is 0.312. The summed E-state index contributed by atoms with van der Waals surface area (Å²) in [6, 6.07) is 18.3. The molecule has 2 aromatic carbocycles. The summed E-state index contributed by atoms with van der Waals surface area (Å²) >= 11 is 0. The fourth-order valence-electron chi connectivity index (χ4n) is 4.02. The van der Waals surface area contributed by atoms with Gasteiger partial charge in [0.25, 0.3) is 0 Å². The topological polar surface area (TPSA) is 0 Å². The zero-order chi connectivity index (χ0) is 16.8. The summed E-state index contributed by atoms with van der Waals surface area (Å²) in [5.74, 6) is 1.69. The Morgan fingerprint density at radius 2 is 1.46 bits per heavy atom. The monoisotopic (exact) mass is 318 g/mol. The van der Waals surface area contributed by atoms with E-state index in [0.29, 0.717) is 0 Å². The SMILES string of the molecule is C=CCCC1CCC(c2ccc(-c3ccc(CC)cc3)cc2)CC1. The normalized spacial score (nSPS) is 20.7. The third-order valence-electron chi connectivity index (χ3n) is 5.70. The van der Waals surface area contributed by atoms with Crippen LogP contribution in [0.2, 0.25) is 0 Å². The van der Waals surface area contributed by atoms with E-state index in [1.165, 1.54) is 60.8 Å². The maximum Gasteiger partial charge on any atom is -0.0162 e. The summed E-state index contributed by atoms with van der Waals surface area (Å²) in [5, 5.41) is 0. The predicted molar refractivity (Wildman–Crippen MR) is 105 cm³/mol. The van der Waals surface area contributed by atoms with Crippen molar-refractivity contribution < 1.29 is 0 Å². The van der Waals surface area contributed by atoms with Gasteiger partial charge < -0.3 is 0 Å². The molecular weight excluding hydrogens is 288 g/mol. The van der Waals surface area contributed by atoms with Crippen molar-refractivity contribution in [3.05, 3.63) is 72.3 Å². The van der Waals surface area contributed by atoms with Crippen molar-refractivity contribution in [3.63, 3.8) is 0 Å². The molecule has 3 rings (SSSR count). The lowest BCUT2D eigenvalue weighted by Crippen LogP contribution is -2.13. The van der Waals surface area contributed by atoms with Gasteiger partial charge in [-0.15, -0.1) is 6.58 Å². The molecule has 0 radical (unpaired) electrons. The average Bonchev–Trinajstić information content (AvgIpc) is 2.67. The zero-order valence-electron chi connectivity index (χ0n) is 15.0. The maximum atomic E-state index is 3.85. The highest BCUT2D eigenvalue weighted by atomic mass is 14.3. The Bertz CT molecular complexity index is 625. The zero-order valence-corrected chi connectivity index (χ0v) is 15.0. The summed E-state index contributed by atoms with van der Waals surface area (Å²) < 4.78 is 0. The molecule has 0 aromatic heterocycles. The van der Waals surface area contributed by atoms with E-state index >= 15 is 0 Å². The van der Waals surface area contributed by atoms with Crippen molar-refractivity contribution in [1.82, 2.24) is 0 Å². The van der Waals surface area contributed by atoms with E-state index in [2.05, 4.69) is 68.1 Å². The van der Waals surface area contributed by atoms with Gasteiger partial charge in [-0.25, -0.2) is 0 Å². The molecule has 1 saturated carbocycles. The third kappa shape index (κ3) is 4.17. The summed E-state index contributed by atoms with van der Waals surface area (Å²) in [4.78, 5) is 0. The molecule has 0 aliphatic heterocycles. The second kappa shape index (κ2) is 8.33. The van der Waals surface area contributed by atoms with Crippen LogP contribution in [-0.2, 0) is 6.42 Å². The summed E-state index contributed by atoms with van der Waals surface area (Å²) in [7, 11) is 0. The van der Waals surface area contributed by atoms with Gasteiger partial charge in [0.1, 0.15) is 0 Å². The van der Waals surface area contributed by atoms with Crippen molar-refractivity contribution in [2.45, 2.75) is 57.8 Å². The number of benzene rings is 2. The maximum absolute atomic E-state index is 3.85. The van der Waals surface area contributed by atoms with Crippen molar-refractivity contribution in [2.75, 3.05) is 0 Å². The molecule has 0 atom stereocenters. The van der Waals surface area contributed by atoms with E-state index in [0.717, 1.165) is 18.3 Å². The number of rotatable bonds is 6. The largest absolute Gasteiger partial charge is 0.103 e. The highest BCUT2D eigenvalue weighted by molar-refractivity contribution is 5.64. The van der Waals surface area contributed by atoms with Gasteiger partial charge in [0, 0.05) is 0 Å². The molecule has 0 spiro atoms. The smallest absolute Gasteiger partial charge is 0.0162 e. The minimum absolute atomic E-state index is 0.765. The number of aryl methyl sites for hydroxylation is 1. The molecule has 2 aromatic rings. The molecule has 0 amide bonds. The molecule has 0 bridgehead atoms. The fraction of sp³-hybridized carbons (Fsp3) is 0.417. The van der Waals surface area contributed by atoms with Gasteiger partial charge in [0.2, 0.25) is 0 Å². The fourth-order valence-corrected chi connectivity index (χ4v) is 4.02. The van der Waals surface area contributed by atoms with E-state index in [1.54, 1.807) is 0 Å². The molecule has 1 fully saturated rings. The van der Waals surface area contributed by atoms with Crippen LogP contribution in [0.1, 0.15) is 62.5 Å². The van der Waals surface area contributed by atoms with Crippen molar-refractivity contribution in [1.29, 1.82) is 0 Å². The highest BCUT2D eigenvalue weighted by Crippen LogP contribution is 2.38. The van der Waals surface area contributed by atoms with Crippen LogP contribution in [0, 0.1) is 5.92 Å². The molecule has 1 aliphatic carbocycles. The Morgan fingerprint density at radius 1 is 0.875 bits per heavy atom. The Labute approximate surface area is 147 Å². The van der Waals surface area contributed by atoms with E-state index in [1.807, 2.05) is 0 Å². The van der Waals surface area contributed by atoms with Gasteiger partial charge in [-0.2, -0.15) is 0 Å². The van der Waals surface area contributed by atoms with Gasteiger partial charge in [-0.3, -0.25) is 0 Å². The van der Waals surface area contributed by atoms with E-state index in [4.69, 9.17) is 0 Å². The van der Waals surface area contributed by atoms with Gasteiger partial charge >= 0.3 is 0 Å². The Morgan fingerprint density at radius 3 is 2.00 bits per heavy atom. The van der Waals surface area contributed by atoms with Crippen LogP contribution in [0.25, 0.3) is 11.1 Å². The minimum Gasteiger partial charge on any atom is -0.103 e. The van der Waals surface area contributed by atoms with E-state index in [-0.39, 0.29) is 0 Å². The predicted octanol–water partition coefficient (Wildman–Crippen LogP) is 7.16. The Hall–Kier alpha value is -1.82. The molecule has 24 heavy (non-hydrogen) atoms. The minimum atomic E-state index is 0.765. The highest BCUT2D eigenvalue weighted by Gasteiger charge is 2.21. The van der Waals surface area contributed by atoms with Crippen molar-refractivity contribution >= 4 is 0 Å². The first-order valence-corrected chi connectivity index (χ1v) is 9.60. The molecule has 0 heteroatoms. The Balaban J connectivity index is 1.61. The number of hydrogen-bond acceptors (Lipinski definition) is 0. The molecule has 0 nitrogen and oxygen atoms in total. The van der Waals surface area contributed by atoms with Gasteiger partial charge in [0.05, 0.1) is 0 Å². The summed E-state index contributed by atoms with van der Waals surface area (Å²) in [6.45, 7) is 6.05. The van der Waals surface area contributed by atoms with E-state index in [9.17, 15) is 0 Å². The second-order valence-electron chi connectivity index (χ2n) is 7.26. The number of hydrogen-bond donors (Lipinski definition) is 0. The van der Waals surface area contributed by atoms with Crippen LogP contribution in [0.4, 0.5) is 0 Å². The van der Waals surface area contributed by atoms with Gasteiger partial charge in [-0.1, -0.05) is 61.5 Å². The van der Waals surface area contributed by atoms with Crippen molar-refractivity contribution in [3.8, 4) is 11.1 Å².